The zero-order chi connectivity index (χ0) is 19.0. The first-order valence-electron chi connectivity index (χ1n) is 8.71. The lowest BCUT2D eigenvalue weighted by molar-refractivity contribution is 0.0994. The fraction of sp³-hybridized carbons (Fsp3) is 0.250. The van der Waals surface area contributed by atoms with E-state index in [2.05, 4.69) is 26.1 Å². The van der Waals surface area contributed by atoms with Crippen LogP contribution in [-0.2, 0) is 0 Å². The van der Waals surface area contributed by atoms with Gasteiger partial charge in [-0.2, -0.15) is 0 Å². The third-order valence-corrected chi connectivity index (χ3v) is 6.06. The minimum absolute atomic E-state index is 0.0327. The van der Waals surface area contributed by atoms with Gasteiger partial charge in [-0.1, -0.05) is 52.0 Å². The number of ketones is 1. The van der Waals surface area contributed by atoms with Crippen molar-refractivity contribution in [2.24, 2.45) is 0 Å². The molecule has 2 aromatic carbocycles. The van der Waals surface area contributed by atoms with E-state index in [1.54, 1.807) is 30.3 Å². The highest BCUT2D eigenvalue weighted by molar-refractivity contribution is 9.10. The van der Waals surface area contributed by atoms with Crippen molar-refractivity contribution < 1.29 is 9.18 Å². The number of benzene rings is 2. The van der Waals surface area contributed by atoms with Crippen molar-refractivity contribution in [2.75, 3.05) is 0 Å². The van der Waals surface area contributed by atoms with Gasteiger partial charge in [-0.05, 0) is 44.0 Å². The summed E-state index contributed by atoms with van der Waals surface area (Å²) >= 11 is 4.75. The highest BCUT2D eigenvalue weighted by Gasteiger charge is 2.32. The Bertz CT molecular complexity index is 985. The van der Waals surface area contributed by atoms with Gasteiger partial charge in [-0.3, -0.25) is 9.36 Å². The minimum Gasteiger partial charge on any atom is -0.299 e. The Labute approximate surface area is 169 Å². The van der Waals surface area contributed by atoms with E-state index in [9.17, 15) is 9.18 Å². The molecule has 1 heterocycles. The Kier molecular flexibility index (Phi) is 5.14. The fourth-order valence-corrected chi connectivity index (χ4v) is 4.17. The number of nitrogens with zero attached hydrogens (tertiary/aromatic N) is 3. The van der Waals surface area contributed by atoms with Crippen molar-refractivity contribution in [2.45, 2.75) is 36.2 Å². The second kappa shape index (κ2) is 7.56. The van der Waals surface area contributed by atoms with Crippen LogP contribution >= 0.6 is 27.7 Å². The molecule has 0 bridgehead atoms. The van der Waals surface area contributed by atoms with Gasteiger partial charge in [0.1, 0.15) is 5.82 Å². The zero-order valence-electron chi connectivity index (χ0n) is 14.6. The number of Topliss-reactive ketones (excluding diaryl/α,β-unsaturated/α-hetero) is 1. The standard InChI is InChI=1S/C20H17BrFN3OS/c1-12(18(26)13-6-8-14(21)9-7-13)27-20-24-23-19(25(20)15-10-11-15)16-4-2-3-5-17(16)22/h2-9,12,15H,10-11H2,1H3. The van der Waals surface area contributed by atoms with Crippen LogP contribution < -0.4 is 0 Å². The Morgan fingerprint density at radius 1 is 1.19 bits per heavy atom. The molecule has 0 aliphatic heterocycles. The van der Waals surface area contributed by atoms with Gasteiger partial charge in [0.2, 0.25) is 0 Å². The van der Waals surface area contributed by atoms with Crippen LogP contribution in [0.1, 0.15) is 36.2 Å². The van der Waals surface area contributed by atoms with Crippen LogP contribution in [0.3, 0.4) is 0 Å². The van der Waals surface area contributed by atoms with Gasteiger partial charge in [0, 0.05) is 16.1 Å². The van der Waals surface area contributed by atoms with E-state index in [0.29, 0.717) is 22.1 Å². The second-order valence-electron chi connectivity index (χ2n) is 6.52. The molecule has 0 radical (unpaired) electrons. The van der Waals surface area contributed by atoms with Gasteiger partial charge < -0.3 is 0 Å². The number of aromatic nitrogens is 3. The van der Waals surface area contributed by atoms with Crippen molar-refractivity contribution in [3.8, 4) is 11.4 Å². The summed E-state index contributed by atoms with van der Waals surface area (Å²) < 4.78 is 17.2. The van der Waals surface area contributed by atoms with Gasteiger partial charge in [0.25, 0.3) is 0 Å². The Morgan fingerprint density at radius 3 is 2.56 bits per heavy atom. The molecule has 0 amide bonds. The van der Waals surface area contributed by atoms with Crippen molar-refractivity contribution in [3.63, 3.8) is 0 Å². The summed E-state index contributed by atoms with van der Waals surface area (Å²) in [7, 11) is 0. The molecule has 4 rings (SSSR count). The van der Waals surface area contributed by atoms with Crippen LogP contribution in [0.2, 0.25) is 0 Å². The van der Waals surface area contributed by atoms with E-state index in [-0.39, 0.29) is 22.9 Å². The first-order chi connectivity index (χ1) is 13.0. The lowest BCUT2D eigenvalue weighted by atomic mass is 10.1. The number of thioether (sulfide) groups is 1. The summed E-state index contributed by atoms with van der Waals surface area (Å²) in [5, 5.41) is 8.86. The van der Waals surface area contributed by atoms with Gasteiger partial charge >= 0.3 is 0 Å². The predicted molar refractivity (Wildman–Crippen MR) is 107 cm³/mol. The third-order valence-electron chi connectivity index (χ3n) is 4.47. The van der Waals surface area contributed by atoms with Crippen LogP contribution in [0.4, 0.5) is 4.39 Å². The molecule has 1 unspecified atom stereocenters. The number of carbonyl (C=O) groups excluding carboxylic acids is 1. The van der Waals surface area contributed by atoms with E-state index in [1.807, 2.05) is 23.6 Å². The van der Waals surface area contributed by atoms with Crippen LogP contribution in [0.5, 0.6) is 0 Å². The van der Waals surface area contributed by atoms with Crippen LogP contribution in [0.15, 0.2) is 58.2 Å². The van der Waals surface area contributed by atoms with E-state index < -0.39 is 0 Å². The predicted octanol–water partition coefficient (Wildman–Crippen LogP) is 5.55. The van der Waals surface area contributed by atoms with Crippen LogP contribution in [-0.4, -0.2) is 25.8 Å². The molecule has 0 N–H and O–H groups in total. The second-order valence-corrected chi connectivity index (χ2v) is 8.74. The molecule has 1 aliphatic carbocycles. The van der Waals surface area contributed by atoms with Crippen molar-refractivity contribution in [1.29, 1.82) is 0 Å². The molecule has 1 aromatic heterocycles. The summed E-state index contributed by atoms with van der Waals surface area (Å²) in [6.07, 6.45) is 2.03. The van der Waals surface area contributed by atoms with Gasteiger partial charge in [0.05, 0.1) is 10.8 Å². The monoisotopic (exact) mass is 445 g/mol. The van der Waals surface area contributed by atoms with Gasteiger partial charge in [-0.25, -0.2) is 4.39 Å². The normalized spacial score (nSPS) is 14.9. The van der Waals surface area contributed by atoms with E-state index in [4.69, 9.17) is 0 Å². The lowest BCUT2D eigenvalue weighted by Crippen LogP contribution is -2.14. The molecule has 0 saturated heterocycles. The maximum Gasteiger partial charge on any atom is 0.192 e. The minimum atomic E-state index is -0.318. The quantitative estimate of drug-likeness (QED) is 0.368. The molecule has 1 saturated carbocycles. The zero-order valence-corrected chi connectivity index (χ0v) is 17.0. The molecule has 3 aromatic rings. The molecule has 1 aliphatic rings. The topological polar surface area (TPSA) is 47.8 Å². The van der Waals surface area contributed by atoms with Crippen molar-refractivity contribution in [1.82, 2.24) is 14.8 Å². The smallest absolute Gasteiger partial charge is 0.192 e. The van der Waals surface area contributed by atoms with E-state index in [0.717, 1.165) is 17.3 Å². The molecule has 27 heavy (non-hydrogen) atoms. The number of carbonyl (C=O) groups is 1. The first kappa shape index (κ1) is 18.4. The Morgan fingerprint density at radius 2 is 1.89 bits per heavy atom. The molecule has 1 fully saturated rings. The maximum atomic E-state index is 14.2. The number of halogens is 2. The molecule has 4 nitrogen and oxygen atoms in total. The average Bonchev–Trinajstić information content (AvgIpc) is 3.43. The summed E-state index contributed by atoms with van der Waals surface area (Å²) in [6.45, 7) is 1.86. The summed E-state index contributed by atoms with van der Waals surface area (Å²) in [6, 6.07) is 14.2. The highest BCUT2D eigenvalue weighted by atomic mass is 79.9. The molecular weight excluding hydrogens is 429 g/mol. The van der Waals surface area contributed by atoms with E-state index >= 15 is 0 Å². The third kappa shape index (κ3) is 3.84. The first-order valence-corrected chi connectivity index (χ1v) is 10.4. The van der Waals surface area contributed by atoms with Gasteiger partial charge in [0.15, 0.2) is 16.8 Å². The fourth-order valence-electron chi connectivity index (χ4n) is 2.91. The number of rotatable bonds is 6. The van der Waals surface area contributed by atoms with Crippen molar-refractivity contribution in [3.05, 3.63) is 64.4 Å². The molecule has 138 valence electrons. The molecular formula is C20H17BrFN3OS. The van der Waals surface area contributed by atoms with E-state index in [1.165, 1.54) is 17.8 Å². The lowest BCUT2D eigenvalue weighted by Gasteiger charge is -2.13. The molecule has 0 spiro atoms. The highest BCUT2D eigenvalue weighted by Crippen LogP contribution is 2.42. The summed E-state index contributed by atoms with van der Waals surface area (Å²) in [4.78, 5) is 12.7. The molecule has 7 heteroatoms. The summed E-state index contributed by atoms with van der Waals surface area (Å²) in [5.74, 6) is 0.244. The van der Waals surface area contributed by atoms with Crippen LogP contribution in [0, 0.1) is 5.82 Å². The maximum absolute atomic E-state index is 14.2. The van der Waals surface area contributed by atoms with Crippen LogP contribution in [0.25, 0.3) is 11.4 Å². The Balaban J connectivity index is 1.62. The van der Waals surface area contributed by atoms with Crippen molar-refractivity contribution >= 4 is 33.5 Å². The average molecular weight is 446 g/mol. The summed E-state index contributed by atoms with van der Waals surface area (Å²) in [5.41, 5.74) is 1.10. The largest absolute Gasteiger partial charge is 0.299 e. The SMILES string of the molecule is CC(Sc1nnc(-c2ccccc2F)n1C1CC1)C(=O)c1ccc(Br)cc1. The number of hydrogen-bond donors (Lipinski definition) is 0. The van der Waals surface area contributed by atoms with Gasteiger partial charge in [-0.15, -0.1) is 10.2 Å². The Hall–Kier alpha value is -1.99. The number of hydrogen-bond acceptors (Lipinski definition) is 4. The molecule has 1 atom stereocenters.